The summed E-state index contributed by atoms with van der Waals surface area (Å²) in [5.74, 6) is 0.686. The van der Waals surface area contributed by atoms with Gasteiger partial charge in [-0.2, -0.15) is 0 Å². The molecule has 34 heavy (non-hydrogen) atoms. The zero-order chi connectivity index (χ0) is 23.2. The molecule has 2 aliphatic rings. The van der Waals surface area contributed by atoms with Crippen molar-refractivity contribution in [1.82, 2.24) is 14.9 Å². The Labute approximate surface area is 201 Å². The summed E-state index contributed by atoms with van der Waals surface area (Å²) in [7, 11) is 0. The molecule has 6 rings (SSSR count). The predicted molar refractivity (Wildman–Crippen MR) is 136 cm³/mol. The van der Waals surface area contributed by atoms with Crippen LogP contribution in [0.1, 0.15) is 44.2 Å². The highest BCUT2D eigenvalue weighted by molar-refractivity contribution is 7.20. The molecule has 0 aliphatic carbocycles. The number of carbonyl (C=O) groups is 1. The van der Waals surface area contributed by atoms with Crippen LogP contribution in [0, 0.1) is 6.92 Å². The van der Waals surface area contributed by atoms with Gasteiger partial charge in [0.25, 0.3) is 11.5 Å². The molecule has 7 heteroatoms. The van der Waals surface area contributed by atoms with Gasteiger partial charge >= 0.3 is 0 Å². The van der Waals surface area contributed by atoms with Crippen LogP contribution in [0.2, 0.25) is 0 Å². The van der Waals surface area contributed by atoms with E-state index in [1.54, 1.807) is 4.57 Å². The lowest BCUT2D eigenvalue weighted by atomic mass is 10.1. The number of benzene rings is 2. The molecular formula is C27H26N4O2S. The third-order valence-electron chi connectivity index (χ3n) is 6.95. The number of aryl methyl sites for hydroxylation is 2. The number of rotatable bonds is 5. The molecule has 2 aliphatic heterocycles. The van der Waals surface area contributed by atoms with E-state index in [2.05, 4.69) is 63.7 Å². The highest BCUT2D eigenvalue weighted by atomic mass is 32.1. The molecule has 0 saturated heterocycles. The molecular weight excluding hydrogens is 444 g/mol. The second kappa shape index (κ2) is 8.40. The van der Waals surface area contributed by atoms with Crippen molar-refractivity contribution >= 4 is 33.1 Å². The topological polar surface area (TPSA) is 67.2 Å². The van der Waals surface area contributed by atoms with Gasteiger partial charge in [-0.3, -0.25) is 14.2 Å². The minimum Gasteiger partial charge on any atom is -0.367 e. The molecule has 0 unspecified atom stereocenters. The molecule has 6 nitrogen and oxygen atoms in total. The number of hydrogen-bond acceptors (Lipinski definition) is 5. The van der Waals surface area contributed by atoms with Crippen LogP contribution in [0.5, 0.6) is 0 Å². The lowest BCUT2D eigenvalue weighted by molar-refractivity contribution is 0.0954. The summed E-state index contributed by atoms with van der Waals surface area (Å²) in [5.41, 5.74) is 5.78. The fourth-order valence-electron chi connectivity index (χ4n) is 5.11. The fourth-order valence-corrected chi connectivity index (χ4v) is 6.22. The van der Waals surface area contributed by atoms with Gasteiger partial charge in [0.2, 0.25) is 0 Å². The molecule has 1 N–H and O–H groups in total. The highest BCUT2D eigenvalue weighted by Gasteiger charge is 2.23. The summed E-state index contributed by atoms with van der Waals surface area (Å²) in [4.78, 5) is 34.2. The molecule has 2 aromatic carbocycles. The van der Waals surface area contributed by atoms with Gasteiger partial charge in [-0.05, 0) is 48.1 Å². The maximum atomic E-state index is 12.9. The van der Waals surface area contributed by atoms with E-state index in [0.717, 1.165) is 49.3 Å². The number of thiophene rings is 1. The number of anilines is 1. The van der Waals surface area contributed by atoms with Crippen molar-refractivity contribution in [1.29, 1.82) is 0 Å². The van der Waals surface area contributed by atoms with Crippen LogP contribution >= 0.6 is 11.3 Å². The lowest BCUT2D eigenvalue weighted by Crippen LogP contribution is -2.23. The van der Waals surface area contributed by atoms with Crippen molar-refractivity contribution in [3.05, 3.63) is 91.8 Å². The van der Waals surface area contributed by atoms with E-state index in [0.29, 0.717) is 28.2 Å². The summed E-state index contributed by atoms with van der Waals surface area (Å²) >= 11 is 1.32. The molecule has 0 saturated carbocycles. The van der Waals surface area contributed by atoms with Gasteiger partial charge < -0.3 is 10.2 Å². The first-order valence-electron chi connectivity index (χ1n) is 11.8. The van der Waals surface area contributed by atoms with Crippen LogP contribution in [0.25, 0.3) is 10.2 Å². The van der Waals surface area contributed by atoms with Crippen molar-refractivity contribution in [2.75, 3.05) is 11.4 Å². The van der Waals surface area contributed by atoms with Crippen molar-refractivity contribution in [2.24, 2.45) is 0 Å². The van der Waals surface area contributed by atoms with Crippen LogP contribution in [0.15, 0.2) is 53.3 Å². The van der Waals surface area contributed by atoms with Crippen molar-refractivity contribution in [3.63, 3.8) is 0 Å². The van der Waals surface area contributed by atoms with Crippen LogP contribution < -0.4 is 15.8 Å². The maximum absolute atomic E-state index is 12.9. The number of hydrogen-bond donors (Lipinski definition) is 1. The Hall–Kier alpha value is -3.45. The second-order valence-corrected chi connectivity index (χ2v) is 10.1. The van der Waals surface area contributed by atoms with E-state index < -0.39 is 0 Å². The first kappa shape index (κ1) is 21.1. The Morgan fingerprint density at radius 1 is 1.06 bits per heavy atom. The van der Waals surface area contributed by atoms with Gasteiger partial charge in [-0.25, -0.2) is 4.98 Å². The summed E-state index contributed by atoms with van der Waals surface area (Å²) < 4.78 is 1.76. The van der Waals surface area contributed by atoms with Gasteiger partial charge in [0.15, 0.2) is 0 Å². The smallest absolute Gasteiger partial charge is 0.262 e. The molecule has 0 fully saturated rings. The van der Waals surface area contributed by atoms with Crippen LogP contribution in [0.3, 0.4) is 0 Å². The zero-order valence-corrected chi connectivity index (χ0v) is 20.0. The largest absolute Gasteiger partial charge is 0.367 e. The Morgan fingerprint density at radius 2 is 1.85 bits per heavy atom. The monoisotopic (exact) mass is 470 g/mol. The van der Waals surface area contributed by atoms with Crippen molar-refractivity contribution in [3.8, 4) is 0 Å². The highest BCUT2D eigenvalue weighted by Crippen LogP contribution is 2.30. The van der Waals surface area contributed by atoms with Crippen LogP contribution in [-0.2, 0) is 32.5 Å². The van der Waals surface area contributed by atoms with Gasteiger partial charge in [-0.15, -0.1) is 11.3 Å². The normalized spacial score (nSPS) is 14.4. The second-order valence-electron chi connectivity index (χ2n) is 9.12. The maximum Gasteiger partial charge on any atom is 0.262 e. The number of fused-ring (bicyclic) bond motifs is 3. The predicted octanol–water partition coefficient (Wildman–Crippen LogP) is 4.21. The summed E-state index contributed by atoms with van der Waals surface area (Å²) in [6, 6.07) is 17.0. The fraction of sp³-hybridized carbons (Fsp3) is 0.296. The van der Waals surface area contributed by atoms with E-state index >= 15 is 0 Å². The molecule has 0 radical (unpaired) electrons. The minimum absolute atomic E-state index is 0.0125. The summed E-state index contributed by atoms with van der Waals surface area (Å²) in [5, 5.41) is 3.62. The van der Waals surface area contributed by atoms with E-state index in [1.807, 2.05) is 6.92 Å². The first-order valence-corrected chi connectivity index (χ1v) is 12.6. The van der Waals surface area contributed by atoms with Crippen LogP contribution in [0.4, 0.5) is 5.69 Å². The lowest BCUT2D eigenvalue weighted by Gasteiger charge is -2.19. The summed E-state index contributed by atoms with van der Waals surface area (Å²) in [6.45, 7) is 4.95. The molecule has 0 bridgehead atoms. The standard InChI is InChI=1S/C27H26N4O2S/c1-17-23-26(29-22-7-4-13-31(22)27(23)33)34-24(17)25(32)28-15-18-8-10-19(11-9-18)16-30-14-12-20-5-2-3-6-21(20)30/h2-3,5-6,8-11H,4,7,12-16H2,1H3,(H,28,32). The third-order valence-corrected chi connectivity index (χ3v) is 8.14. The molecule has 1 amide bonds. The number of amides is 1. The quantitative estimate of drug-likeness (QED) is 0.475. The SMILES string of the molecule is Cc1c(C(=O)NCc2ccc(CN3CCc4ccccc43)cc2)sc2nc3n(c(=O)c12)CCC3. The first-order chi connectivity index (χ1) is 16.6. The zero-order valence-electron chi connectivity index (χ0n) is 19.1. The number of para-hydroxylation sites is 1. The van der Waals surface area contributed by atoms with E-state index in [1.165, 1.54) is 28.2 Å². The number of carbonyl (C=O) groups excluding carboxylic acids is 1. The Morgan fingerprint density at radius 3 is 2.71 bits per heavy atom. The number of aromatic nitrogens is 2. The Kier molecular flexibility index (Phi) is 5.21. The van der Waals surface area contributed by atoms with Crippen LogP contribution in [-0.4, -0.2) is 22.0 Å². The molecule has 4 aromatic rings. The van der Waals surface area contributed by atoms with Gasteiger partial charge in [0.05, 0.1) is 10.3 Å². The number of nitrogens with zero attached hydrogens (tertiary/aromatic N) is 3. The number of nitrogens with one attached hydrogen (secondary N) is 1. The Balaban J connectivity index is 1.13. The van der Waals surface area contributed by atoms with E-state index in [-0.39, 0.29) is 11.5 Å². The van der Waals surface area contributed by atoms with Gasteiger partial charge in [0, 0.05) is 38.3 Å². The molecule has 0 spiro atoms. The molecule has 172 valence electrons. The van der Waals surface area contributed by atoms with Crippen molar-refractivity contribution in [2.45, 2.75) is 45.8 Å². The molecule has 4 heterocycles. The van der Waals surface area contributed by atoms with Gasteiger partial charge in [0.1, 0.15) is 10.7 Å². The van der Waals surface area contributed by atoms with Gasteiger partial charge in [-0.1, -0.05) is 42.5 Å². The average Bonchev–Trinajstić information content (AvgIpc) is 3.57. The van der Waals surface area contributed by atoms with E-state index in [9.17, 15) is 9.59 Å². The molecule has 2 aromatic heterocycles. The minimum atomic E-state index is -0.150. The summed E-state index contributed by atoms with van der Waals surface area (Å²) in [6.07, 6.45) is 2.88. The van der Waals surface area contributed by atoms with E-state index in [4.69, 9.17) is 0 Å². The average molecular weight is 471 g/mol. The van der Waals surface area contributed by atoms with Crippen molar-refractivity contribution < 1.29 is 4.79 Å². The molecule has 0 atom stereocenters. The Bertz CT molecular complexity index is 1470. The third kappa shape index (κ3) is 3.60.